The van der Waals surface area contributed by atoms with Crippen LogP contribution in [-0.2, 0) is 13.0 Å². The summed E-state index contributed by atoms with van der Waals surface area (Å²) in [6.07, 6.45) is 10.00. The van der Waals surface area contributed by atoms with Crippen molar-refractivity contribution in [3.05, 3.63) is 60.2 Å². The predicted molar refractivity (Wildman–Crippen MR) is 113 cm³/mol. The molecule has 28 heavy (non-hydrogen) atoms. The highest BCUT2D eigenvalue weighted by Gasteiger charge is 2.11. The normalized spacial score (nSPS) is 11.0. The number of nitrogens with zero attached hydrogens (tertiary/aromatic N) is 3. The van der Waals surface area contributed by atoms with Gasteiger partial charge in [0.1, 0.15) is 11.5 Å². The van der Waals surface area contributed by atoms with Crippen LogP contribution in [0.25, 0.3) is 11.0 Å². The Balaban J connectivity index is 1.59. The summed E-state index contributed by atoms with van der Waals surface area (Å²) in [5.41, 5.74) is 2.66. The minimum atomic E-state index is -0.140. The maximum atomic E-state index is 12.2. The molecule has 0 aliphatic rings. The van der Waals surface area contributed by atoms with Gasteiger partial charge < -0.3 is 9.88 Å². The summed E-state index contributed by atoms with van der Waals surface area (Å²) < 4.78 is 2.32. The number of benzene rings is 1. The van der Waals surface area contributed by atoms with E-state index in [0.29, 0.717) is 18.7 Å². The van der Waals surface area contributed by atoms with Crippen LogP contribution in [0.15, 0.2) is 48.7 Å². The Kier molecular flexibility index (Phi) is 7.59. The van der Waals surface area contributed by atoms with Crippen molar-refractivity contribution in [1.29, 1.82) is 0 Å². The van der Waals surface area contributed by atoms with Crippen LogP contribution in [0.2, 0.25) is 0 Å². The van der Waals surface area contributed by atoms with E-state index in [0.717, 1.165) is 24.3 Å². The molecule has 1 aromatic carbocycles. The number of amides is 1. The molecule has 0 saturated carbocycles. The number of carbonyl (C=O) groups excluding carboxylic acids is 1. The fourth-order valence-corrected chi connectivity index (χ4v) is 3.49. The average molecular weight is 379 g/mol. The van der Waals surface area contributed by atoms with Crippen LogP contribution in [-0.4, -0.2) is 27.0 Å². The second-order valence-electron chi connectivity index (χ2n) is 7.16. The Bertz CT molecular complexity index is 873. The van der Waals surface area contributed by atoms with E-state index in [1.807, 2.05) is 12.1 Å². The molecule has 0 saturated heterocycles. The average Bonchev–Trinajstić information content (AvgIpc) is 3.08. The van der Waals surface area contributed by atoms with Crippen LogP contribution in [0.4, 0.5) is 0 Å². The molecule has 0 unspecified atom stereocenters. The van der Waals surface area contributed by atoms with E-state index in [9.17, 15) is 4.79 Å². The lowest BCUT2D eigenvalue weighted by Gasteiger charge is -2.10. The minimum absolute atomic E-state index is 0.140. The summed E-state index contributed by atoms with van der Waals surface area (Å²) in [6, 6.07) is 13.6. The molecule has 0 aliphatic carbocycles. The molecule has 1 amide bonds. The third-order valence-electron chi connectivity index (χ3n) is 5.00. The highest BCUT2D eigenvalue weighted by Crippen LogP contribution is 2.18. The van der Waals surface area contributed by atoms with E-state index in [4.69, 9.17) is 4.98 Å². The van der Waals surface area contributed by atoms with Gasteiger partial charge in [0.15, 0.2) is 0 Å². The molecule has 0 fully saturated rings. The van der Waals surface area contributed by atoms with Gasteiger partial charge in [-0.3, -0.25) is 9.78 Å². The highest BCUT2D eigenvalue weighted by molar-refractivity contribution is 5.92. The number of fused-ring (bicyclic) bond motifs is 1. The van der Waals surface area contributed by atoms with Crippen LogP contribution in [0, 0.1) is 0 Å². The maximum Gasteiger partial charge on any atom is 0.269 e. The molecule has 0 radical (unpaired) electrons. The topological polar surface area (TPSA) is 59.8 Å². The number of nitrogens with one attached hydrogen (secondary N) is 1. The van der Waals surface area contributed by atoms with Crippen molar-refractivity contribution in [2.45, 2.75) is 58.4 Å². The summed E-state index contributed by atoms with van der Waals surface area (Å²) in [4.78, 5) is 21.1. The van der Waals surface area contributed by atoms with Crippen molar-refractivity contribution in [1.82, 2.24) is 19.9 Å². The van der Waals surface area contributed by atoms with Crippen molar-refractivity contribution in [3.8, 4) is 0 Å². The molecule has 0 aliphatic heterocycles. The van der Waals surface area contributed by atoms with Crippen molar-refractivity contribution in [3.63, 3.8) is 0 Å². The molecule has 1 N–H and O–H groups in total. The van der Waals surface area contributed by atoms with Crippen molar-refractivity contribution >= 4 is 16.9 Å². The zero-order valence-electron chi connectivity index (χ0n) is 16.7. The molecule has 3 aromatic rings. The Morgan fingerprint density at radius 3 is 2.61 bits per heavy atom. The third-order valence-corrected chi connectivity index (χ3v) is 5.00. The molecule has 148 valence electrons. The number of aromatic nitrogens is 3. The SMILES string of the molecule is CCCCCCCCn1c(CCNC(=O)c2ccccn2)nc2ccccc21. The van der Waals surface area contributed by atoms with Gasteiger partial charge in [0, 0.05) is 25.7 Å². The lowest BCUT2D eigenvalue weighted by Crippen LogP contribution is -2.27. The number of hydrogen-bond donors (Lipinski definition) is 1. The van der Waals surface area contributed by atoms with Gasteiger partial charge in [0.2, 0.25) is 0 Å². The van der Waals surface area contributed by atoms with E-state index >= 15 is 0 Å². The largest absolute Gasteiger partial charge is 0.350 e. The Morgan fingerprint density at radius 1 is 1.00 bits per heavy atom. The molecular weight excluding hydrogens is 348 g/mol. The first-order valence-corrected chi connectivity index (χ1v) is 10.4. The molecule has 3 rings (SSSR count). The second kappa shape index (κ2) is 10.6. The van der Waals surface area contributed by atoms with Crippen LogP contribution in [0.5, 0.6) is 0 Å². The van der Waals surface area contributed by atoms with E-state index in [-0.39, 0.29) is 5.91 Å². The van der Waals surface area contributed by atoms with Gasteiger partial charge in [-0.1, -0.05) is 57.2 Å². The number of unbranched alkanes of at least 4 members (excludes halogenated alkanes) is 5. The Labute approximate surface area is 167 Å². The number of imidazole rings is 1. The van der Waals surface area contributed by atoms with Crippen LogP contribution < -0.4 is 5.32 Å². The summed E-state index contributed by atoms with van der Waals surface area (Å²) in [6.45, 7) is 3.78. The molecule has 2 aromatic heterocycles. The molecular formula is C23H30N4O. The fraction of sp³-hybridized carbons (Fsp3) is 0.435. The van der Waals surface area contributed by atoms with Crippen LogP contribution in [0.3, 0.4) is 0 Å². The molecule has 0 bridgehead atoms. The number of hydrogen-bond acceptors (Lipinski definition) is 3. The summed E-state index contributed by atoms with van der Waals surface area (Å²) in [5, 5.41) is 2.95. The summed E-state index contributed by atoms with van der Waals surface area (Å²) >= 11 is 0. The molecule has 5 heteroatoms. The first-order valence-electron chi connectivity index (χ1n) is 10.4. The van der Waals surface area contributed by atoms with Gasteiger partial charge in [0.25, 0.3) is 5.91 Å². The first kappa shape index (κ1) is 20.1. The van der Waals surface area contributed by atoms with E-state index in [1.54, 1.807) is 18.3 Å². The molecule has 2 heterocycles. The van der Waals surface area contributed by atoms with Gasteiger partial charge in [-0.25, -0.2) is 4.98 Å². The van der Waals surface area contributed by atoms with Crippen LogP contribution in [0.1, 0.15) is 61.8 Å². The monoisotopic (exact) mass is 378 g/mol. The predicted octanol–water partition coefficient (Wildman–Crippen LogP) is 4.76. The summed E-state index contributed by atoms with van der Waals surface area (Å²) in [5.74, 6) is 0.898. The van der Waals surface area contributed by atoms with Gasteiger partial charge in [0.05, 0.1) is 11.0 Å². The van der Waals surface area contributed by atoms with Crippen molar-refractivity contribution < 1.29 is 4.79 Å². The van der Waals surface area contributed by atoms with Gasteiger partial charge in [-0.05, 0) is 30.7 Å². The molecule has 0 atom stereocenters. The number of para-hydroxylation sites is 2. The number of aryl methyl sites for hydroxylation is 1. The quantitative estimate of drug-likeness (QED) is 0.489. The van der Waals surface area contributed by atoms with Gasteiger partial charge in [-0.15, -0.1) is 0 Å². The van der Waals surface area contributed by atoms with Crippen molar-refractivity contribution in [2.24, 2.45) is 0 Å². The smallest absolute Gasteiger partial charge is 0.269 e. The van der Waals surface area contributed by atoms with Crippen molar-refractivity contribution in [2.75, 3.05) is 6.54 Å². The summed E-state index contributed by atoms with van der Waals surface area (Å²) in [7, 11) is 0. The van der Waals surface area contributed by atoms with Gasteiger partial charge in [-0.2, -0.15) is 0 Å². The number of pyridine rings is 1. The number of carbonyl (C=O) groups is 1. The molecule has 5 nitrogen and oxygen atoms in total. The highest BCUT2D eigenvalue weighted by atomic mass is 16.1. The zero-order chi connectivity index (χ0) is 19.6. The maximum absolute atomic E-state index is 12.2. The second-order valence-corrected chi connectivity index (χ2v) is 7.16. The fourth-order valence-electron chi connectivity index (χ4n) is 3.49. The Hall–Kier alpha value is -2.69. The lowest BCUT2D eigenvalue weighted by molar-refractivity contribution is 0.0949. The minimum Gasteiger partial charge on any atom is -0.350 e. The first-order chi connectivity index (χ1) is 13.8. The van der Waals surface area contributed by atoms with E-state index < -0.39 is 0 Å². The third kappa shape index (κ3) is 5.41. The standard InChI is InChI=1S/C23H30N4O/c1-2-3-4-5-6-11-18-27-21-14-8-7-12-19(21)26-22(27)15-17-25-23(28)20-13-9-10-16-24-20/h7-10,12-14,16H,2-6,11,15,17-18H2,1H3,(H,25,28). The van der Waals surface area contributed by atoms with Gasteiger partial charge >= 0.3 is 0 Å². The lowest BCUT2D eigenvalue weighted by atomic mass is 10.1. The molecule has 0 spiro atoms. The van der Waals surface area contributed by atoms with Crippen LogP contribution >= 0.6 is 0 Å². The Morgan fingerprint density at radius 2 is 1.79 bits per heavy atom. The van der Waals surface area contributed by atoms with E-state index in [2.05, 4.69) is 40.0 Å². The number of rotatable bonds is 11. The van der Waals surface area contributed by atoms with E-state index in [1.165, 1.54) is 37.6 Å². The zero-order valence-corrected chi connectivity index (χ0v) is 16.7.